The Morgan fingerprint density at radius 2 is 1.61 bits per heavy atom. The monoisotopic (exact) mass is 442 g/mol. The largest absolute Gasteiger partial charge is 0.492 e. The smallest absolute Gasteiger partial charge is 0.251 e. The predicted octanol–water partition coefficient (Wildman–Crippen LogP) is 3.60. The van der Waals surface area contributed by atoms with E-state index in [1.54, 1.807) is 48.5 Å². The number of anilines is 1. The summed E-state index contributed by atoms with van der Waals surface area (Å²) in [6.07, 6.45) is 1.16. The van der Waals surface area contributed by atoms with Gasteiger partial charge in [-0.2, -0.15) is 0 Å². The number of nitrogens with zero attached hydrogens (tertiary/aromatic N) is 1. The van der Waals surface area contributed by atoms with Gasteiger partial charge in [-0.1, -0.05) is 30.3 Å². The van der Waals surface area contributed by atoms with E-state index in [0.29, 0.717) is 17.0 Å². The first-order chi connectivity index (χ1) is 14.8. The molecular formula is C23H23FN2O4S. The van der Waals surface area contributed by atoms with Gasteiger partial charge in [0, 0.05) is 5.56 Å². The highest BCUT2D eigenvalue weighted by Gasteiger charge is 2.17. The van der Waals surface area contributed by atoms with Crippen LogP contribution in [0.3, 0.4) is 0 Å². The molecule has 0 aliphatic heterocycles. The van der Waals surface area contributed by atoms with Crippen molar-refractivity contribution in [2.75, 3.05) is 23.7 Å². The molecule has 0 saturated carbocycles. The molecule has 0 atom stereocenters. The van der Waals surface area contributed by atoms with Gasteiger partial charge < -0.3 is 10.1 Å². The zero-order valence-electron chi connectivity index (χ0n) is 17.0. The topological polar surface area (TPSA) is 75.7 Å². The van der Waals surface area contributed by atoms with Crippen LogP contribution in [0.25, 0.3) is 0 Å². The number of carbonyl (C=O) groups is 1. The van der Waals surface area contributed by atoms with E-state index in [9.17, 15) is 17.6 Å². The number of para-hydroxylation sites is 1. The van der Waals surface area contributed by atoms with Crippen molar-refractivity contribution in [2.24, 2.45) is 0 Å². The minimum Gasteiger partial charge on any atom is -0.492 e. The highest BCUT2D eigenvalue weighted by molar-refractivity contribution is 7.92. The number of amides is 1. The van der Waals surface area contributed by atoms with Crippen LogP contribution in [-0.4, -0.2) is 33.7 Å². The summed E-state index contributed by atoms with van der Waals surface area (Å²) >= 11 is 0. The summed E-state index contributed by atoms with van der Waals surface area (Å²) in [4.78, 5) is 12.3. The number of hydrogen-bond donors (Lipinski definition) is 1. The molecule has 1 N–H and O–H groups in total. The standard InChI is InChI=1S/C23H23FN2O4S/c1-31(28,29)26(21-5-3-2-4-6-21)17-18-7-9-19(10-8-18)23(27)25-15-16-30-22-13-11-20(24)12-14-22/h2-14H,15-17H2,1H3,(H,25,27). The molecule has 0 fully saturated rings. The molecule has 31 heavy (non-hydrogen) atoms. The van der Waals surface area contributed by atoms with Gasteiger partial charge in [-0.05, 0) is 54.1 Å². The van der Waals surface area contributed by atoms with E-state index in [-0.39, 0.29) is 31.4 Å². The number of benzene rings is 3. The maximum absolute atomic E-state index is 12.9. The first-order valence-corrected chi connectivity index (χ1v) is 11.5. The van der Waals surface area contributed by atoms with E-state index < -0.39 is 10.0 Å². The molecule has 0 radical (unpaired) electrons. The van der Waals surface area contributed by atoms with Gasteiger partial charge in [0.25, 0.3) is 5.91 Å². The fourth-order valence-electron chi connectivity index (χ4n) is 2.89. The fraction of sp³-hybridized carbons (Fsp3) is 0.174. The summed E-state index contributed by atoms with van der Waals surface area (Å²) in [6, 6.07) is 21.2. The Morgan fingerprint density at radius 3 is 2.23 bits per heavy atom. The number of carbonyl (C=O) groups excluding carboxylic acids is 1. The number of sulfonamides is 1. The lowest BCUT2D eigenvalue weighted by Gasteiger charge is -2.22. The van der Waals surface area contributed by atoms with Crippen LogP contribution in [0, 0.1) is 5.82 Å². The molecule has 0 bridgehead atoms. The molecule has 0 heterocycles. The van der Waals surface area contributed by atoms with Crippen molar-refractivity contribution in [3.05, 3.63) is 95.8 Å². The van der Waals surface area contributed by atoms with Crippen LogP contribution in [0.1, 0.15) is 15.9 Å². The Kier molecular flexibility index (Phi) is 7.25. The lowest BCUT2D eigenvalue weighted by Crippen LogP contribution is -2.29. The molecule has 0 aromatic heterocycles. The zero-order valence-corrected chi connectivity index (χ0v) is 17.8. The van der Waals surface area contributed by atoms with E-state index in [1.807, 2.05) is 6.07 Å². The van der Waals surface area contributed by atoms with Gasteiger partial charge in [-0.15, -0.1) is 0 Å². The van der Waals surface area contributed by atoms with Gasteiger partial charge in [0.15, 0.2) is 0 Å². The average molecular weight is 443 g/mol. The fourth-order valence-corrected chi connectivity index (χ4v) is 3.78. The summed E-state index contributed by atoms with van der Waals surface area (Å²) in [7, 11) is -3.46. The first-order valence-electron chi connectivity index (χ1n) is 9.61. The number of ether oxygens (including phenoxy) is 1. The Morgan fingerprint density at radius 1 is 0.968 bits per heavy atom. The molecule has 0 saturated heterocycles. The van der Waals surface area contributed by atoms with Crippen molar-refractivity contribution in [3.63, 3.8) is 0 Å². The SMILES string of the molecule is CS(=O)(=O)N(Cc1ccc(C(=O)NCCOc2ccc(F)cc2)cc1)c1ccccc1. The Bertz CT molecular complexity index is 1100. The van der Waals surface area contributed by atoms with Gasteiger partial charge in [0.05, 0.1) is 25.0 Å². The number of nitrogens with one attached hydrogen (secondary N) is 1. The molecule has 3 aromatic carbocycles. The molecular weight excluding hydrogens is 419 g/mol. The lowest BCUT2D eigenvalue weighted by atomic mass is 10.1. The van der Waals surface area contributed by atoms with Crippen molar-refractivity contribution in [2.45, 2.75) is 6.54 Å². The summed E-state index contributed by atoms with van der Waals surface area (Å²) in [5.41, 5.74) is 1.79. The van der Waals surface area contributed by atoms with Gasteiger partial charge in [0.1, 0.15) is 18.2 Å². The number of rotatable bonds is 9. The van der Waals surface area contributed by atoms with Crippen LogP contribution >= 0.6 is 0 Å². The Balaban J connectivity index is 1.55. The molecule has 0 unspecified atom stereocenters. The van der Waals surface area contributed by atoms with Gasteiger partial charge >= 0.3 is 0 Å². The number of hydrogen-bond acceptors (Lipinski definition) is 4. The van der Waals surface area contributed by atoms with Gasteiger partial charge in [-0.25, -0.2) is 12.8 Å². The molecule has 6 nitrogen and oxygen atoms in total. The third-order valence-corrected chi connectivity index (χ3v) is 5.60. The van der Waals surface area contributed by atoms with E-state index in [4.69, 9.17) is 4.74 Å². The second-order valence-electron chi connectivity index (χ2n) is 6.86. The van der Waals surface area contributed by atoms with E-state index in [1.165, 1.54) is 28.6 Å². The van der Waals surface area contributed by atoms with Crippen molar-refractivity contribution in [1.82, 2.24) is 5.32 Å². The van der Waals surface area contributed by atoms with Gasteiger partial charge in [-0.3, -0.25) is 9.10 Å². The van der Waals surface area contributed by atoms with Crippen LogP contribution in [0.5, 0.6) is 5.75 Å². The summed E-state index contributed by atoms with van der Waals surface area (Å²) in [5, 5.41) is 2.75. The van der Waals surface area contributed by atoms with E-state index >= 15 is 0 Å². The van der Waals surface area contributed by atoms with Crippen molar-refractivity contribution >= 4 is 21.6 Å². The Hall–Kier alpha value is -3.39. The maximum atomic E-state index is 12.9. The minimum absolute atomic E-state index is 0.163. The highest BCUT2D eigenvalue weighted by Crippen LogP contribution is 2.20. The first kappa shape index (κ1) is 22.3. The quantitative estimate of drug-likeness (QED) is 0.514. The summed E-state index contributed by atoms with van der Waals surface area (Å²) in [5.74, 6) is -0.0846. The molecule has 0 aliphatic carbocycles. The summed E-state index contributed by atoms with van der Waals surface area (Å²) < 4.78 is 44.0. The van der Waals surface area contributed by atoms with Crippen LogP contribution in [0.2, 0.25) is 0 Å². The second kappa shape index (κ2) is 10.1. The van der Waals surface area contributed by atoms with Crippen molar-refractivity contribution in [3.8, 4) is 5.75 Å². The summed E-state index contributed by atoms with van der Waals surface area (Å²) in [6.45, 7) is 0.694. The van der Waals surface area contributed by atoms with Gasteiger partial charge in [0.2, 0.25) is 10.0 Å². The van der Waals surface area contributed by atoms with E-state index in [0.717, 1.165) is 11.8 Å². The number of halogens is 1. The third-order valence-electron chi connectivity index (χ3n) is 4.46. The molecule has 3 aromatic rings. The molecule has 162 valence electrons. The van der Waals surface area contributed by atoms with Crippen molar-refractivity contribution in [1.29, 1.82) is 0 Å². The minimum atomic E-state index is -3.46. The predicted molar refractivity (Wildman–Crippen MR) is 118 cm³/mol. The second-order valence-corrected chi connectivity index (χ2v) is 8.77. The average Bonchev–Trinajstić information content (AvgIpc) is 2.76. The maximum Gasteiger partial charge on any atom is 0.251 e. The lowest BCUT2D eigenvalue weighted by molar-refractivity contribution is 0.0947. The van der Waals surface area contributed by atoms with Crippen molar-refractivity contribution < 1.29 is 22.3 Å². The molecule has 3 rings (SSSR count). The normalized spacial score (nSPS) is 11.0. The van der Waals surface area contributed by atoms with Crippen LogP contribution < -0.4 is 14.4 Å². The molecule has 1 amide bonds. The zero-order chi connectivity index (χ0) is 22.3. The molecule has 0 aliphatic rings. The van der Waals surface area contributed by atoms with Crippen LogP contribution in [-0.2, 0) is 16.6 Å². The van der Waals surface area contributed by atoms with Crippen LogP contribution in [0.4, 0.5) is 10.1 Å². The third kappa shape index (κ3) is 6.55. The highest BCUT2D eigenvalue weighted by atomic mass is 32.2. The van der Waals surface area contributed by atoms with Crippen LogP contribution in [0.15, 0.2) is 78.9 Å². The molecule has 0 spiro atoms. The Labute approximate surface area is 181 Å². The molecule has 8 heteroatoms. The van der Waals surface area contributed by atoms with E-state index in [2.05, 4.69) is 5.32 Å².